The third-order valence-corrected chi connectivity index (χ3v) is 4.80. The van der Waals surface area contributed by atoms with E-state index in [1.54, 1.807) is 12.3 Å². The van der Waals surface area contributed by atoms with E-state index in [9.17, 15) is 4.39 Å². The fraction of sp³-hybridized carbons (Fsp3) is 0.143. The zero-order valence-electron chi connectivity index (χ0n) is 13.5. The lowest BCUT2D eigenvalue weighted by Crippen LogP contribution is -2.16. The molecule has 0 bridgehead atoms. The molecule has 2 aromatic carbocycles. The molecule has 2 nitrogen and oxygen atoms in total. The standard InChI is InChI=1S/C21H15FN2/c1-21(2)16-12-19(23-3)17(22)11-15(16)13-7-6-8-14(20(13)21)18-9-4-5-10-24-18/h4-12H,1-2H3. The van der Waals surface area contributed by atoms with Gasteiger partial charge < -0.3 is 0 Å². The van der Waals surface area contributed by atoms with E-state index < -0.39 is 5.82 Å². The van der Waals surface area contributed by atoms with Gasteiger partial charge in [0.1, 0.15) is 5.82 Å². The molecule has 0 saturated heterocycles. The van der Waals surface area contributed by atoms with Gasteiger partial charge in [-0.2, -0.15) is 0 Å². The summed E-state index contributed by atoms with van der Waals surface area (Å²) in [5, 5.41) is 0. The van der Waals surface area contributed by atoms with Crippen molar-refractivity contribution in [1.29, 1.82) is 0 Å². The van der Waals surface area contributed by atoms with Crippen molar-refractivity contribution in [3.05, 3.63) is 83.1 Å². The van der Waals surface area contributed by atoms with Crippen molar-refractivity contribution in [2.75, 3.05) is 0 Å². The van der Waals surface area contributed by atoms with Gasteiger partial charge in [0.25, 0.3) is 0 Å². The summed E-state index contributed by atoms with van der Waals surface area (Å²) in [5.74, 6) is -0.462. The summed E-state index contributed by atoms with van der Waals surface area (Å²) >= 11 is 0. The molecule has 3 aromatic rings. The van der Waals surface area contributed by atoms with Gasteiger partial charge in [-0.15, -0.1) is 0 Å². The van der Waals surface area contributed by atoms with Gasteiger partial charge in [-0.25, -0.2) is 9.24 Å². The maximum atomic E-state index is 14.2. The number of benzene rings is 2. The summed E-state index contributed by atoms with van der Waals surface area (Å²) in [4.78, 5) is 7.80. The quantitative estimate of drug-likeness (QED) is 0.523. The fourth-order valence-corrected chi connectivity index (χ4v) is 3.71. The highest BCUT2D eigenvalue weighted by molar-refractivity contribution is 5.88. The minimum Gasteiger partial charge on any atom is -0.256 e. The van der Waals surface area contributed by atoms with Crippen molar-refractivity contribution >= 4 is 5.69 Å². The second kappa shape index (κ2) is 5.01. The van der Waals surface area contributed by atoms with Crippen LogP contribution in [-0.2, 0) is 5.41 Å². The zero-order valence-corrected chi connectivity index (χ0v) is 13.5. The van der Waals surface area contributed by atoms with Gasteiger partial charge in [0, 0.05) is 17.2 Å². The second-order valence-corrected chi connectivity index (χ2v) is 6.53. The van der Waals surface area contributed by atoms with Gasteiger partial charge in [-0.1, -0.05) is 38.1 Å². The molecule has 0 fully saturated rings. The number of hydrogen-bond acceptors (Lipinski definition) is 1. The van der Waals surface area contributed by atoms with Crippen LogP contribution in [0.5, 0.6) is 0 Å². The Morgan fingerprint density at radius 3 is 2.50 bits per heavy atom. The number of rotatable bonds is 1. The van der Waals surface area contributed by atoms with Crippen LogP contribution >= 0.6 is 0 Å². The maximum Gasteiger partial charge on any atom is 0.222 e. The Kier molecular flexibility index (Phi) is 3.04. The SMILES string of the molecule is [C-]#[N+]c1cc2c(cc1F)-c1cccc(-c3ccccn3)c1C2(C)C. The van der Waals surface area contributed by atoms with Crippen molar-refractivity contribution in [3.8, 4) is 22.4 Å². The van der Waals surface area contributed by atoms with E-state index in [4.69, 9.17) is 6.57 Å². The molecular formula is C21H15FN2. The van der Waals surface area contributed by atoms with E-state index in [1.807, 2.05) is 30.3 Å². The average Bonchev–Trinajstić information content (AvgIpc) is 2.82. The molecule has 3 heteroatoms. The molecule has 1 aromatic heterocycles. The lowest BCUT2D eigenvalue weighted by Gasteiger charge is -2.24. The largest absolute Gasteiger partial charge is 0.256 e. The van der Waals surface area contributed by atoms with Crippen molar-refractivity contribution in [2.45, 2.75) is 19.3 Å². The van der Waals surface area contributed by atoms with E-state index in [-0.39, 0.29) is 11.1 Å². The molecule has 116 valence electrons. The normalized spacial score (nSPS) is 13.9. The van der Waals surface area contributed by atoms with Gasteiger partial charge in [-0.05, 0) is 46.5 Å². The molecule has 1 heterocycles. The molecule has 4 rings (SSSR count). The second-order valence-electron chi connectivity index (χ2n) is 6.53. The van der Waals surface area contributed by atoms with Crippen molar-refractivity contribution in [2.24, 2.45) is 0 Å². The first-order valence-corrected chi connectivity index (χ1v) is 7.81. The van der Waals surface area contributed by atoms with Crippen LogP contribution in [0.25, 0.3) is 27.2 Å². The van der Waals surface area contributed by atoms with E-state index in [0.717, 1.165) is 33.5 Å². The van der Waals surface area contributed by atoms with Crippen LogP contribution in [0.3, 0.4) is 0 Å². The van der Waals surface area contributed by atoms with Crippen LogP contribution in [-0.4, -0.2) is 4.98 Å². The molecule has 1 aliphatic rings. The monoisotopic (exact) mass is 314 g/mol. The van der Waals surface area contributed by atoms with Crippen LogP contribution in [0.4, 0.5) is 10.1 Å². The molecule has 0 radical (unpaired) electrons. The molecule has 0 aliphatic heterocycles. The summed E-state index contributed by atoms with van der Waals surface area (Å²) in [6.07, 6.45) is 1.78. The van der Waals surface area contributed by atoms with Crippen molar-refractivity contribution < 1.29 is 4.39 Å². The summed E-state index contributed by atoms with van der Waals surface area (Å²) in [6.45, 7) is 11.4. The first-order valence-electron chi connectivity index (χ1n) is 7.81. The number of pyridine rings is 1. The highest BCUT2D eigenvalue weighted by atomic mass is 19.1. The van der Waals surface area contributed by atoms with Gasteiger partial charge in [-0.3, -0.25) is 4.98 Å². The molecule has 24 heavy (non-hydrogen) atoms. The number of aromatic nitrogens is 1. The van der Waals surface area contributed by atoms with Crippen LogP contribution in [0.15, 0.2) is 54.7 Å². The number of halogens is 1. The number of nitrogens with zero attached hydrogens (tertiary/aromatic N) is 2. The van der Waals surface area contributed by atoms with Crippen molar-refractivity contribution in [3.63, 3.8) is 0 Å². The van der Waals surface area contributed by atoms with Crippen LogP contribution in [0.2, 0.25) is 0 Å². The minimum atomic E-state index is -0.462. The molecular weight excluding hydrogens is 299 g/mol. The van der Waals surface area contributed by atoms with Gasteiger partial charge in [0.2, 0.25) is 5.69 Å². The Bertz CT molecular complexity index is 998. The summed E-state index contributed by atoms with van der Waals surface area (Å²) in [5.41, 5.74) is 5.75. The first-order chi connectivity index (χ1) is 11.5. The molecule has 0 spiro atoms. The van der Waals surface area contributed by atoms with E-state index in [0.29, 0.717) is 0 Å². The summed E-state index contributed by atoms with van der Waals surface area (Å²) in [6, 6.07) is 15.1. The number of fused-ring (bicyclic) bond motifs is 3. The van der Waals surface area contributed by atoms with Crippen molar-refractivity contribution in [1.82, 2.24) is 4.98 Å². The average molecular weight is 314 g/mol. The van der Waals surface area contributed by atoms with Crippen LogP contribution in [0.1, 0.15) is 25.0 Å². The Morgan fingerprint density at radius 1 is 1.00 bits per heavy atom. The Labute approximate surface area is 140 Å². The molecule has 0 atom stereocenters. The first kappa shape index (κ1) is 14.6. The topological polar surface area (TPSA) is 17.2 Å². The Morgan fingerprint density at radius 2 is 1.79 bits per heavy atom. The number of hydrogen-bond donors (Lipinski definition) is 0. The predicted octanol–water partition coefficient (Wildman–Crippen LogP) is 5.74. The smallest absolute Gasteiger partial charge is 0.222 e. The Hall–Kier alpha value is -2.99. The predicted molar refractivity (Wildman–Crippen MR) is 93.5 cm³/mol. The molecule has 0 unspecified atom stereocenters. The molecule has 1 aliphatic carbocycles. The zero-order chi connectivity index (χ0) is 16.9. The molecule has 0 amide bonds. The minimum absolute atomic E-state index is 0.0778. The van der Waals surface area contributed by atoms with E-state index >= 15 is 0 Å². The van der Waals surface area contributed by atoms with E-state index in [2.05, 4.69) is 29.7 Å². The Balaban J connectivity index is 2.05. The summed E-state index contributed by atoms with van der Waals surface area (Å²) in [7, 11) is 0. The highest BCUT2D eigenvalue weighted by Gasteiger charge is 2.38. The van der Waals surface area contributed by atoms with Crippen LogP contribution < -0.4 is 0 Å². The maximum absolute atomic E-state index is 14.2. The van der Waals surface area contributed by atoms with Gasteiger partial charge in [0.05, 0.1) is 12.3 Å². The lowest BCUT2D eigenvalue weighted by atomic mass is 9.79. The highest BCUT2D eigenvalue weighted by Crippen LogP contribution is 2.53. The fourth-order valence-electron chi connectivity index (χ4n) is 3.71. The molecule has 0 saturated carbocycles. The third-order valence-electron chi connectivity index (χ3n) is 4.80. The third kappa shape index (κ3) is 1.90. The summed E-state index contributed by atoms with van der Waals surface area (Å²) < 4.78 is 14.2. The molecule has 0 N–H and O–H groups in total. The van der Waals surface area contributed by atoms with Gasteiger partial charge in [0.15, 0.2) is 0 Å². The lowest BCUT2D eigenvalue weighted by molar-refractivity contribution is 0.628. The van der Waals surface area contributed by atoms with Gasteiger partial charge >= 0.3 is 0 Å². The van der Waals surface area contributed by atoms with E-state index in [1.165, 1.54) is 6.07 Å². The van der Waals surface area contributed by atoms with Crippen LogP contribution in [0, 0.1) is 12.4 Å².